The van der Waals surface area contributed by atoms with Crippen LogP contribution in [0.15, 0.2) is 57.7 Å². The third-order valence-corrected chi connectivity index (χ3v) is 3.70. The number of aryl methyl sites for hydroxylation is 2. The van der Waals surface area contributed by atoms with Crippen LogP contribution in [-0.2, 0) is 6.54 Å². The molecule has 0 saturated carbocycles. The second-order valence-corrected chi connectivity index (χ2v) is 5.31. The van der Waals surface area contributed by atoms with Crippen LogP contribution in [0.2, 0.25) is 0 Å². The summed E-state index contributed by atoms with van der Waals surface area (Å²) in [5.41, 5.74) is 2.63. The summed E-state index contributed by atoms with van der Waals surface area (Å²) >= 11 is 0. The maximum absolute atomic E-state index is 11.8. The molecule has 0 spiro atoms. The molecule has 114 valence electrons. The smallest absolute Gasteiger partial charge is 0.419 e. The average Bonchev–Trinajstić information content (AvgIpc) is 2.84. The molecular formula is C18H19NO3. The molecule has 0 aliphatic rings. The molecule has 0 aliphatic heterocycles. The van der Waals surface area contributed by atoms with Crippen molar-refractivity contribution in [3.63, 3.8) is 0 Å². The highest BCUT2D eigenvalue weighted by Gasteiger charge is 2.07. The van der Waals surface area contributed by atoms with Gasteiger partial charge in [0.15, 0.2) is 5.58 Å². The number of aromatic nitrogens is 1. The van der Waals surface area contributed by atoms with Gasteiger partial charge in [-0.05, 0) is 43.5 Å². The maximum atomic E-state index is 11.8. The van der Waals surface area contributed by atoms with E-state index in [1.807, 2.05) is 55.5 Å². The van der Waals surface area contributed by atoms with Crippen molar-refractivity contribution < 1.29 is 9.15 Å². The number of nitrogens with zero attached hydrogens (tertiary/aromatic N) is 1. The lowest BCUT2D eigenvalue weighted by molar-refractivity contribution is 0.300. The van der Waals surface area contributed by atoms with E-state index in [2.05, 4.69) is 0 Å². The molecule has 0 amide bonds. The van der Waals surface area contributed by atoms with Gasteiger partial charge in [-0.2, -0.15) is 0 Å². The first-order valence-corrected chi connectivity index (χ1v) is 7.52. The lowest BCUT2D eigenvalue weighted by Gasteiger charge is -2.08. The average molecular weight is 297 g/mol. The van der Waals surface area contributed by atoms with Crippen molar-refractivity contribution in [2.75, 3.05) is 6.61 Å². The van der Waals surface area contributed by atoms with E-state index >= 15 is 0 Å². The molecule has 0 radical (unpaired) electrons. The highest BCUT2D eigenvalue weighted by atomic mass is 16.5. The summed E-state index contributed by atoms with van der Waals surface area (Å²) in [4.78, 5) is 11.8. The van der Waals surface area contributed by atoms with Crippen molar-refractivity contribution in [2.24, 2.45) is 0 Å². The van der Waals surface area contributed by atoms with E-state index in [0.717, 1.165) is 29.7 Å². The third-order valence-electron chi connectivity index (χ3n) is 3.70. The van der Waals surface area contributed by atoms with Gasteiger partial charge in [-0.25, -0.2) is 4.79 Å². The lowest BCUT2D eigenvalue weighted by Crippen LogP contribution is -2.14. The number of rotatable bonds is 6. The Morgan fingerprint density at radius 2 is 1.82 bits per heavy atom. The normalized spacial score (nSPS) is 11.0. The summed E-state index contributed by atoms with van der Waals surface area (Å²) < 4.78 is 12.7. The molecule has 0 N–H and O–H groups in total. The number of oxazole rings is 1. The van der Waals surface area contributed by atoms with E-state index in [0.29, 0.717) is 18.7 Å². The van der Waals surface area contributed by atoms with Gasteiger partial charge in [0.25, 0.3) is 0 Å². The molecule has 0 aliphatic carbocycles. The van der Waals surface area contributed by atoms with E-state index in [4.69, 9.17) is 9.15 Å². The van der Waals surface area contributed by atoms with Crippen LogP contribution in [0.4, 0.5) is 0 Å². The largest absolute Gasteiger partial charge is 0.493 e. The SMILES string of the molecule is Cc1ccccc1OCCCCn1c(=O)oc2ccccc21. The quantitative estimate of drug-likeness (QED) is 0.651. The first kappa shape index (κ1) is 14.4. The molecule has 3 rings (SSSR count). The van der Waals surface area contributed by atoms with Gasteiger partial charge in [-0.1, -0.05) is 30.3 Å². The monoisotopic (exact) mass is 297 g/mol. The summed E-state index contributed by atoms with van der Waals surface area (Å²) in [5.74, 6) is 0.634. The fourth-order valence-corrected chi connectivity index (χ4v) is 2.50. The Bertz CT molecular complexity index is 816. The number of para-hydroxylation sites is 3. The molecule has 3 aromatic rings. The molecule has 0 fully saturated rings. The zero-order valence-corrected chi connectivity index (χ0v) is 12.6. The van der Waals surface area contributed by atoms with Crippen molar-refractivity contribution in [2.45, 2.75) is 26.3 Å². The van der Waals surface area contributed by atoms with Crippen molar-refractivity contribution in [3.05, 3.63) is 64.6 Å². The van der Waals surface area contributed by atoms with Crippen molar-refractivity contribution in [1.82, 2.24) is 4.57 Å². The Hall–Kier alpha value is -2.49. The highest BCUT2D eigenvalue weighted by Crippen LogP contribution is 2.17. The van der Waals surface area contributed by atoms with Crippen LogP contribution in [0.1, 0.15) is 18.4 Å². The number of hydrogen-bond acceptors (Lipinski definition) is 3. The number of hydrogen-bond donors (Lipinski definition) is 0. The standard InChI is InChI=1S/C18H19NO3/c1-14-8-2-4-10-16(14)21-13-7-6-12-19-15-9-3-5-11-17(15)22-18(19)20/h2-5,8-11H,6-7,12-13H2,1H3. The summed E-state index contributed by atoms with van der Waals surface area (Å²) in [6, 6.07) is 15.5. The van der Waals surface area contributed by atoms with E-state index in [-0.39, 0.29) is 5.76 Å². The van der Waals surface area contributed by atoms with Crippen LogP contribution in [0.25, 0.3) is 11.1 Å². The van der Waals surface area contributed by atoms with Crippen LogP contribution in [0.3, 0.4) is 0 Å². The summed E-state index contributed by atoms with van der Waals surface area (Å²) in [7, 11) is 0. The summed E-state index contributed by atoms with van der Waals surface area (Å²) in [6.07, 6.45) is 1.76. The van der Waals surface area contributed by atoms with Crippen molar-refractivity contribution >= 4 is 11.1 Å². The fourth-order valence-electron chi connectivity index (χ4n) is 2.50. The molecule has 0 bridgehead atoms. The van der Waals surface area contributed by atoms with Crippen molar-refractivity contribution in [3.8, 4) is 5.75 Å². The molecule has 0 saturated heterocycles. The molecule has 4 nitrogen and oxygen atoms in total. The Kier molecular flexibility index (Phi) is 4.28. The van der Waals surface area contributed by atoms with E-state index in [1.165, 1.54) is 0 Å². The van der Waals surface area contributed by atoms with Crippen LogP contribution >= 0.6 is 0 Å². The minimum atomic E-state index is -0.291. The fraction of sp³-hybridized carbons (Fsp3) is 0.278. The Balaban J connectivity index is 1.54. The molecule has 4 heteroatoms. The maximum Gasteiger partial charge on any atom is 0.419 e. The minimum absolute atomic E-state index is 0.291. The molecule has 1 heterocycles. The Morgan fingerprint density at radius 1 is 1.05 bits per heavy atom. The van der Waals surface area contributed by atoms with Gasteiger partial charge in [-0.3, -0.25) is 4.57 Å². The predicted octanol–water partition coefficient (Wildman–Crippen LogP) is 3.76. The number of benzene rings is 2. The number of ether oxygens (including phenoxy) is 1. The van der Waals surface area contributed by atoms with Crippen LogP contribution in [0.5, 0.6) is 5.75 Å². The topological polar surface area (TPSA) is 44.4 Å². The van der Waals surface area contributed by atoms with Gasteiger partial charge in [-0.15, -0.1) is 0 Å². The van der Waals surface area contributed by atoms with Crippen molar-refractivity contribution in [1.29, 1.82) is 0 Å². The van der Waals surface area contributed by atoms with E-state index < -0.39 is 0 Å². The second kappa shape index (κ2) is 6.52. The highest BCUT2D eigenvalue weighted by molar-refractivity contribution is 5.72. The molecule has 2 aromatic carbocycles. The number of fused-ring (bicyclic) bond motifs is 1. The lowest BCUT2D eigenvalue weighted by atomic mass is 10.2. The first-order valence-electron chi connectivity index (χ1n) is 7.52. The van der Waals surface area contributed by atoms with Crippen LogP contribution in [-0.4, -0.2) is 11.2 Å². The molecule has 0 unspecified atom stereocenters. The molecule has 22 heavy (non-hydrogen) atoms. The van der Waals surface area contributed by atoms with Gasteiger partial charge in [0.05, 0.1) is 12.1 Å². The molecule has 0 atom stereocenters. The van der Waals surface area contributed by atoms with Crippen LogP contribution < -0.4 is 10.5 Å². The minimum Gasteiger partial charge on any atom is -0.493 e. The van der Waals surface area contributed by atoms with Gasteiger partial charge in [0, 0.05) is 6.54 Å². The summed E-state index contributed by atoms with van der Waals surface area (Å²) in [5, 5.41) is 0. The van der Waals surface area contributed by atoms with Crippen LogP contribution in [0, 0.1) is 6.92 Å². The third kappa shape index (κ3) is 3.06. The summed E-state index contributed by atoms with van der Waals surface area (Å²) in [6.45, 7) is 3.33. The molecule has 1 aromatic heterocycles. The first-order chi connectivity index (χ1) is 10.8. The second-order valence-electron chi connectivity index (χ2n) is 5.31. The van der Waals surface area contributed by atoms with Gasteiger partial charge in [0.2, 0.25) is 0 Å². The Labute approximate surface area is 128 Å². The van der Waals surface area contributed by atoms with Gasteiger partial charge in [0.1, 0.15) is 5.75 Å². The van der Waals surface area contributed by atoms with Gasteiger partial charge >= 0.3 is 5.76 Å². The predicted molar refractivity (Wildman–Crippen MR) is 86.4 cm³/mol. The zero-order valence-electron chi connectivity index (χ0n) is 12.6. The van der Waals surface area contributed by atoms with E-state index in [1.54, 1.807) is 4.57 Å². The molecular weight excluding hydrogens is 278 g/mol. The van der Waals surface area contributed by atoms with Gasteiger partial charge < -0.3 is 9.15 Å². The zero-order chi connectivity index (χ0) is 15.4. The van der Waals surface area contributed by atoms with E-state index in [9.17, 15) is 4.79 Å². The number of unbranched alkanes of at least 4 members (excludes halogenated alkanes) is 1. The Morgan fingerprint density at radius 3 is 2.68 bits per heavy atom.